The number of carbonyl (C=O) groups is 1. The molecule has 0 saturated heterocycles. The molecule has 24 heavy (non-hydrogen) atoms. The maximum Gasteiger partial charge on any atom is 0.336 e. The molecule has 0 aliphatic carbocycles. The molecule has 1 heterocycles. The first-order valence-electron chi connectivity index (χ1n) is 7.20. The summed E-state index contributed by atoms with van der Waals surface area (Å²) in [4.78, 5) is 23.2. The lowest BCUT2D eigenvalue weighted by molar-refractivity contribution is -0.385. The van der Waals surface area contributed by atoms with E-state index in [-0.39, 0.29) is 34.8 Å². The number of nitro groups is 1. The van der Waals surface area contributed by atoms with E-state index in [1.165, 1.54) is 18.2 Å². The molecule has 3 N–H and O–H groups in total. The number of nitrogens with zero attached hydrogens (tertiary/aromatic N) is 2. The summed E-state index contributed by atoms with van der Waals surface area (Å²) in [6.45, 7) is 3.40. The Morgan fingerprint density at radius 2 is 2.17 bits per heavy atom. The highest BCUT2D eigenvalue weighted by atomic mass is 16.6. The molecule has 8 nitrogen and oxygen atoms in total. The van der Waals surface area contributed by atoms with Gasteiger partial charge in [-0.25, -0.2) is 4.79 Å². The van der Waals surface area contributed by atoms with Crippen molar-refractivity contribution in [1.29, 1.82) is 5.26 Å². The number of nitriles is 1. The number of allylic oxidation sites excluding steroid dienone is 2. The van der Waals surface area contributed by atoms with Gasteiger partial charge in [0, 0.05) is 17.3 Å². The second-order valence-corrected chi connectivity index (χ2v) is 5.07. The molecule has 0 radical (unpaired) electrons. The van der Waals surface area contributed by atoms with Gasteiger partial charge < -0.3 is 15.8 Å². The van der Waals surface area contributed by atoms with Crippen molar-refractivity contribution in [3.05, 3.63) is 62.6 Å². The van der Waals surface area contributed by atoms with Gasteiger partial charge in [-0.3, -0.25) is 10.1 Å². The van der Waals surface area contributed by atoms with Crippen LogP contribution in [-0.4, -0.2) is 17.5 Å². The molecule has 1 unspecified atom stereocenters. The first-order chi connectivity index (χ1) is 11.4. The van der Waals surface area contributed by atoms with Gasteiger partial charge in [0.05, 0.1) is 34.7 Å². The highest BCUT2D eigenvalue weighted by molar-refractivity contribution is 5.93. The SMILES string of the molecule is CCOC(=O)C1=C(C)NC(N)=C(C#N)C1c1ccccc1[N+](=O)[O-]. The molecule has 0 amide bonds. The molecular formula is C16H16N4O4. The number of dihydropyridines is 1. The lowest BCUT2D eigenvalue weighted by Gasteiger charge is -2.27. The van der Waals surface area contributed by atoms with Crippen LogP contribution in [0.5, 0.6) is 0 Å². The summed E-state index contributed by atoms with van der Waals surface area (Å²) in [7, 11) is 0. The van der Waals surface area contributed by atoms with Crippen molar-refractivity contribution < 1.29 is 14.5 Å². The van der Waals surface area contributed by atoms with Crippen LogP contribution in [0.15, 0.2) is 46.9 Å². The van der Waals surface area contributed by atoms with Crippen molar-refractivity contribution in [2.24, 2.45) is 5.73 Å². The molecular weight excluding hydrogens is 312 g/mol. The van der Waals surface area contributed by atoms with E-state index in [0.717, 1.165) is 0 Å². The van der Waals surface area contributed by atoms with Crippen molar-refractivity contribution in [3.8, 4) is 6.07 Å². The van der Waals surface area contributed by atoms with Gasteiger partial charge in [-0.2, -0.15) is 5.26 Å². The number of esters is 1. The van der Waals surface area contributed by atoms with E-state index >= 15 is 0 Å². The van der Waals surface area contributed by atoms with Crippen molar-refractivity contribution in [1.82, 2.24) is 5.32 Å². The molecule has 0 spiro atoms. The van der Waals surface area contributed by atoms with Crippen LogP contribution in [0, 0.1) is 21.4 Å². The molecule has 1 aliphatic heterocycles. The zero-order valence-electron chi connectivity index (χ0n) is 13.2. The topological polar surface area (TPSA) is 131 Å². The van der Waals surface area contributed by atoms with E-state index < -0.39 is 16.8 Å². The van der Waals surface area contributed by atoms with Gasteiger partial charge in [0.2, 0.25) is 0 Å². The van der Waals surface area contributed by atoms with E-state index in [0.29, 0.717) is 5.70 Å². The third-order valence-electron chi connectivity index (χ3n) is 3.65. The van der Waals surface area contributed by atoms with Crippen LogP contribution >= 0.6 is 0 Å². The van der Waals surface area contributed by atoms with Crippen molar-refractivity contribution in [2.75, 3.05) is 6.61 Å². The number of hydrogen-bond acceptors (Lipinski definition) is 7. The summed E-state index contributed by atoms with van der Waals surface area (Å²) in [5.41, 5.74) is 6.45. The molecule has 1 aromatic carbocycles. The van der Waals surface area contributed by atoms with Crippen LogP contribution in [0.2, 0.25) is 0 Å². The summed E-state index contributed by atoms with van der Waals surface area (Å²) in [6.07, 6.45) is 0. The molecule has 0 bridgehead atoms. The Kier molecular flexibility index (Phi) is 4.84. The highest BCUT2D eigenvalue weighted by Gasteiger charge is 2.37. The van der Waals surface area contributed by atoms with Crippen molar-refractivity contribution in [3.63, 3.8) is 0 Å². The van der Waals surface area contributed by atoms with Gasteiger partial charge in [0.1, 0.15) is 5.82 Å². The van der Waals surface area contributed by atoms with E-state index in [9.17, 15) is 20.2 Å². The number of nitro benzene ring substituents is 1. The second kappa shape index (κ2) is 6.83. The molecule has 1 atom stereocenters. The molecule has 1 aliphatic rings. The smallest absolute Gasteiger partial charge is 0.336 e. The van der Waals surface area contributed by atoms with Crippen LogP contribution in [0.1, 0.15) is 25.3 Å². The number of benzene rings is 1. The molecule has 8 heteroatoms. The molecule has 2 rings (SSSR count). The minimum Gasteiger partial charge on any atom is -0.463 e. The lowest BCUT2D eigenvalue weighted by atomic mass is 9.81. The number of para-hydroxylation sites is 1. The van der Waals surface area contributed by atoms with Gasteiger partial charge in [-0.1, -0.05) is 18.2 Å². The maximum absolute atomic E-state index is 12.4. The summed E-state index contributed by atoms with van der Waals surface area (Å²) < 4.78 is 5.05. The van der Waals surface area contributed by atoms with Crippen LogP contribution in [0.3, 0.4) is 0 Å². The minimum atomic E-state index is -0.961. The zero-order valence-corrected chi connectivity index (χ0v) is 13.2. The Hall–Kier alpha value is -3.34. The van der Waals surface area contributed by atoms with E-state index in [1.54, 1.807) is 19.9 Å². The summed E-state index contributed by atoms with van der Waals surface area (Å²) in [6, 6.07) is 7.89. The fourth-order valence-electron chi connectivity index (χ4n) is 2.67. The lowest BCUT2D eigenvalue weighted by Crippen LogP contribution is -2.33. The van der Waals surface area contributed by atoms with Gasteiger partial charge in [0.15, 0.2) is 0 Å². The van der Waals surface area contributed by atoms with Crippen LogP contribution < -0.4 is 11.1 Å². The van der Waals surface area contributed by atoms with Crippen molar-refractivity contribution in [2.45, 2.75) is 19.8 Å². The Morgan fingerprint density at radius 3 is 2.75 bits per heavy atom. The summed E-state index contributed by atoms with van der Waals surface area (Å²) in [5.74, 6) is -1.55. The minimum absolute atomic E-state index is 0.0398. The zero-order chi connectivity index (χ0) is 17.9. The Balaban J connectivity index is 2.73. The molecule has 0 fully saturated rings. The average Bonchev–Trinajstić information content (AvgIpc) is 2.54. The number of nitrogens with two attached hydrogens (primary N) is 1. The predicted octanol–water partition coefficient (Wildman–Crippen LogP) is 1.81. The van der Waals surface area contributed by atoms with Gasteiger partial charge >= 0.3 is 5.97 Å². The number of carbonyl (C=O) groups excluding carboxylic acids is 1. The Morgan fingerprint density at radius 1 is 1.50 bits per heavy atom. The quantitative estimate of drug-likeness (QED) is 0.489. The maximum atomic E-state index is 12.4. The van der Waals surface area contributed by atoms with Crippen LogP contribution in [-0.2, 0) is 9.53 Å². The van der Waals surface area contributed by atoms with Crippen LogP contribution in [0.25, 0.3) is 0 Å². The summed E-state index contributed by atoms with van der Waals surface area (Å²) in [5, 5.41) is 23.6. The fourth-order valence-corrected chi connectivity index (χ4v) is 2.67. The van der Waals surface area contributed by atoms with Gasteiger partial charge in [-0.05, 0) is 13.8 Å². The number of rotatable bonds is 4. The predicted molar refractivity (Wildman–Crippen MR) is 85.1 cm³/mol. The number of nitrogens with one attached hydrogen (secondary N) is 1. The van der Waals surface area contributed by atoms with Gasteiger partial charge in [0.25, 0.3) is 5.69 Å². The van der Waals surface area contributed by atoms with E-state index in [1.807, 2.05) is 6.07 Å². The number of hydrogen-bond donors (Lipinski definition) is 2. The third-order valence-corrected chi connectivity index (χ3v) is 3.65. The van der Waals surface area contributed by atoms with E-state index in [2.05, 4.69) is 5.32 Å². The second-order valence-electron chi connectivity index (χ2n) is 5.07. The fraction of sp³-hybridized carbons (Fsp3) is 0.250. The number of ether oxygens (including phenoxy) is 1. The third kappa shape index (κ3) is 2.92. The highest BCUT2D eigenvalue weighted by Crippen LogP contribution is 2.40. The molecule has 1 aromatic rings. The van der Waals surface area contributed by atoms with Gasteiger partial charge in [-0.15, -0.1) is 0 Å². The molecule has 124 valence electrons. The Bertz CT molecular complexity index is 805. The first kappa shape index (κ1) is 17.0. The first-order valence-corrected chi connectivity index (χ1v) is 7.20. The largest absolute Gasteiger partial charge is 0.463 e. The normalized spacial score (nSPS) is 17.1. The molecule has 0 saturated carbocycles. The van der Waals surface area contributed by atoms with Crippen LogP contribution in [0.4, 0.5) is 5.69 Å². The monoisotopic (exact) mass is 328 g/mol. The average molecular weight is 328 g/mol. The Labute approximate surface area is 138 Å². The molecule has 0 aromatic heterocycles. The van der Waals surface area contributed by atoms with E-state index in [4.69, 9.17) is 10.5 Å². The van der Waals surface area contributed by atoms with Crippen molar-refractivity contribution >= 4 is 11.7 Å². The summed E-state index contributed by atoms with van der Waals surface area (Å²) >= 11 is 0. The standard InChI is InChI=1S/C16H16N4O4/c1-3-24-16(21)13-9(2)19-15(18)11(8-17)14(13)10-6-4-5-7-12(10)20(22)23/h4-7,14,19H,3,18H2,1-2H3.